The van der Waals surface area contributed by atoms with Gasteiger partial charge in [0, 0.05) is 44.1 Å². The van der Waals surface area contributed by atoms with Gasteiger partial charge in [-0.3, -0.25) is 4.79 Å². The van der Waals surface area contributed by atoms with Crippen molar-refractivity contribution in [1.82, 2.24) is 4.90 Å². The number of carbonyl (C=O) groups excluding carboxylic acids is 2. The van der Waals surface area contributed by atoms with Crippen LogP contribution >= 0.6 is 0 Å². The second-order valence-electron chi connectivity index (χ2n) is 7.52. The Labute approximate surface area is 178 Å². The Kier molecular flexibility index (Phi) is 7.71. The van der Waals surface area contributed by atoms with Crippen molar-refractivity contribution in [3.63, 3.8) is 0 Å². The number of esters is 1. The number of anilines is 2. The van der Waals surface area contributed by atoms with Gasteiger partial charge in [0.25, 0.3) is 5.91 Å². The summed E-state index contributed by atoms with van der Waals surface area (Å²) in [5.74, 6) is -0.620. The van der Waals surface area contributed by atoms with E-state index in [9.17, 15) is 9.59 Å². The molecule has 2 aromatic carbocycles. The minimum atomic E-state index is -0.815. The van der Waals surface area contributed by atoms with Crippen molar-refractivity contribution in [1.29, 1.82) is 0 Å². The summed E-state index contributed by atoms with van der Waals surface area (Å²) in [7, 11) is 0. The standard InChI is InChI=1S/C24H31N3O3/c1-3-4-14-25-22-13-9-8-12-21(22)24(29)30-19(2)23(28)27-17-15-26(16-18-27)20-10-6-5-7-11-20/h5-13,19,25H,3-4,14-18H2,1-2H3/t19-/m0/s1. The lowest BCUT2D eigenvalue weighted by atomic mass is 10.1. The van der Waals surface area contributed by atoms with E-state index in [4.69, 9.17) is 4.74 Å². The quantitative estimate of drug-likeness (QED) is 0.531. The van der Waals surface area contributed by atoms with Crippen LogP contribution in [0.25, 0.3) is 0 Å². The Hall–Kier alpha value is -3.02. The van der Waals surface area contributed by atoms with Crippen LogP contribution < -0.4 is 10.2 Å². The van der Waals surface area contributed by atoms with E-state index < -0.39 is 12.1 Å². The summed E-state index contributed by atoms with van der Waals surface area (Å²) < 4.78 is 5.53. The zero-order chi connectivity index (χ0) is 21.3. The van der Waals surface area contributed by atoms with E-state index in [0.29, 0.717) is 18.7 Å². The molecule has 0 spiro atoms. The average molecular weight is 410 g/mol. The van der Waals surface area contributed by atoms with E-state index in [-0.39, 0.29) is 5.91 Å². The minimum absolute atomic E-state index is 0.146. The number of piperazine rings is 1. The first-order valence-corrected chi connectivity index (χ1v) is 10.7. The zero-order valence-corrected chi connectivity index (χ0v) is 17.8. The molecule has 6 heteroatoms. The highest BCUT2D eigenvalue weighted by atomic mass is 16.5. The lowest BCUT2D eigenvalue weighted by molar-refractivity contribution is -0.140. The van der Waals surface area contributed by atoms with Crippen molar-refractivity contribution in [2.24, 2.45) is 0 Å². The predicted octanol–water partition coefficient (Wildman–Crippen LogP) is 3.79. The Morgan fingerprint density at radius 3 is 2.37 bits per heavy atom. The van der Waals surface area contributed by atoms with Gasteiger partial charge in [-0.2, -0.15) is 0 Å². The second kappa shape index (κ2) is 10.7. The summed E-state index contributed by atoms with van der Waals surface area (Å²) >= 11 is 0. The highest BCUT2D eigenvalue weighted by Gasteiger charge is 2.28. The van der Waals surface area contributed by atoms with Gasteiger partial charge in [0.1, 0.15) is 0 Å². The number of amides is 1. The van der Waals surface area contributed by atoms with E-state index in [2.05, 4.69) is 29.3 Å². The molecule has 160 valence electrons. The van der Waals surface area contributed by atoms with Crippen molar-refractivity contribution in [3.8, 4) is 0 Å². The molecule has 1 amide bonds. The minimum Gasteiger partial charge on any atom is -0.449 e. The molecule has 1 saturated heterocycles. The van der Waals surface area contributed by atoms with Crippen LogP contribution in [0.4, 0.5) is 11.4 Å². The van der Waals surface area contributed by atoms with Crippen molar-refractivity contribution < 1.29 is 14.3 Å². The molecule has 0 bridgehead atoms. The van der Waals surface area contributed by atoms with E-state index in [0.717, 1.165) is 43.9 Å². The van der Waals surface area contributed by atoms with Crippen LogP contribution in [0, 0.1) is 0 Å². The first-order valence-electron chi connectivity index (χ1n) is 10.7. The lowest BCUT2D eigenvalue weighted by Crippen LogP contribution is -2.51. The molecular weight excluding hydrogens is 378 g/mol. The van der Waals surface area contributed by atoms with Gasteiger partial charge in [0.05, 0.1) is 5.56 Å². The van der Waals surface area contributed by atoms with Gasteiger partial charge < -0.3 is 19.9 Å². The average Bonchev–Trinajstić information content (AvgIpc) is 2.79. The fraction of sp³-hybridized carbons (Fsp3) is 0.417. The number of rotatable bonds is 8. The van der Waals surface area contributed by atoms with E-state index >= 15 is 0 Å². The predicted molar refractivity (Wildman–Crippen MR) is 120 cm³/mol. The number of benzene rings is 2. The summed E-state index contributed by atoms with van der Waals surface area (Å²) in [5, 5.41) is 3.28. The molecule has 30 heavy (non-hydrogen) atoms. The van der Waals surface area contributed by atoms with Crippen molar-refractivity contribution in [3.05, 3.63) is 60.2 Å². The third kappa shape index (κ3) is 5.53. The van der Waals surface area contributed by atoms with Gasteiger partial charge in [0.15, 0.2) is 6.10 Å². The third-order valence-electron chi connectivity index (χ3n) is 5.34. The van der Waals surface area contributed by atoms with Gasteiger partial charge in [0.2, 0.25) is 0 Å². The van der Waals surface area contributed by atoms with Crippen LogP contribution in [0.3, 0.4) is 0 Å². The van der Waals surface area contributed by atoms with Crippen LogP contribution in [0.1, 0.15) is 37.0 Å². The SMILES string of the molecule is CCCCNc1ccccc1C(=O)O[C@@H](C)C(=O)N1CCN(c2ccccc2)CC1. The molecule has 0 unspecified atom stereocenters. The highest BCUT2D eigenvalue weighted by molar-refractivity contribution is 5.97. The van der Waals surface area contributed by atoms with E-state index in [1.165, 1.54) is 0 Å². The number of nitrogens with zero attached hydrogens (tertiary/aromatic N) is 2. The highest BCUT2D eigenvalue weighted by Crippen LogP contribution is 2.19. The fourth-order valence-corrected chi connectivity index (χ4v) is 3.57. The zero-order valence-electron chi connectivity index (χ0n) is 17.8. The van der Waals surface area contributed by atoms with Gasteiger partial charge >= 0.3 is 5.97 Å². The lowest BCUT2D eigenvalue weighted by Gasteiger charge is -2.37. The van der Waals surface area contributed by atoms with E-state index in [1.54, 1.807) is 24.0 Å². The molecule has 1 fully saturated rings. The van der Waals surface area contributed by atoms with Crippen LogP contribution in [0.15, 0.2) is 54.6 Å². The molecule has 1 heterocycles. The second-order valence-corrected chi connectivity index (χ2v) is 7.52. The van der Waals surface area contributed by atoms with Gasteiger partial charge in [-0.1, -0.05) is 43.7 Å². The van der Waals surface area contributed by atoms with Gasteiger partial charge in [-0.05, 0) is 37.6 Å². The Balaban J connectivity index is 1.54. The maximum atomic E-state index is 12.8. The molecule has 0 saturated carbocycles. The first-order chi connectivity index (χ1) is 14.6. The number of para-hydroxylation sites is 2. The normalized spacial score (nSPS) is 14.9. The Morgan fingerprint density at radius 1 is 1.00 bits per heavy atom. The molecule has 0 aliphatic carbocycles. The Morgan fingerprint density at radius 2 is 1.67 bits per heavy atom. The molecular formula is C24H31N3O3. The third-order valence-corrected chi connectivity index (χ3v) is 5.34. The van der Waals surface area contributed by atoms with E-state index in [1.807, 2.05) is 30.3 Å². The van der Waals surface area contributed by atoms with Crippen LogP contribution in [0.2, 0.25) is 0 Å². The van der Waals surface area contributed by atoms with Crippen molar-refractivity contribution >= 4 is 23.3 Å². The summed E-state index contributed by atoms with van der Waals surface area (Å²) in [6.45, 7) is 7.32. The first kappa shape index (κ1) is 21.7. The van der Waals surface area contributed by atoms with Gasteiger partial charge in [-0.15, -0.1) is 0 Å². The molecule has 1 aliphatic rings. The number of unbranched alkanes of at least 4 members (excludes halogenated alkanes) is 1. The summed E-state index contributed by atoms with van der Waals surface area (Å²) in [5.41, 5.74) is 2.37. The van der Waals surface area contributed by atoms with Crippen LogP contribution in [-0.2, 0) is 9.53 Å². The smallest absolute Gasteiger partial charge is 0.341 e. The molecule has 0 radical (unpaired) electrons. The number of carbonyl (C=O) groups is 2. The Bertz CT molecular complexity index is 833. The summed E-state index contributed by atoms with van der Waals surface area (Å²) in [6.07, 6.45) is 1.28. The fourth-order valence-electron chi connectivity index (χ4n) is 3.57. The van der Waals surface area contributed by atoms with Crippen molar-refractivity contribution in [2.75, 3.05) is 42.9 Å². The number of hydrogen-bond donors (Lipinski definition) is 1. The molecule has 2 aromatic rings. The monoisotopic (exact) mass is 409 g/mol. The van der Waals surface area contributed by atoms with Crippen LogP contribution in [-0.4, -0.2) is 55.6 Å². The van der Waals surface area contributed by atoms with Crippen LogP contribution in [0.5, 0.6) is 0 Å². The largest absolute Gasteiger partial charge is 0.449 e. The number of ether oxygens (including phenoxy) is 1. The molecule has 1 aliphatic heterocycles. The molecule has 1 atom stereocenters. The summed E-state index contributed by atoms with van der Waals surface area (Å²) in [4.78, 5) is 29.6. The summed E-state index contributed by atoms with van der Waals surface area (Å²) in [6, 6.07) is 17.5. The maximum Gasteiger partial charge on any atom is 0.341 e. The van der Waals surface area contributed by atoms with Crippen molar-refractivity contribution in [2.45, 2.75) is 32.8 Å². The molecule has 1 N–H and O–H groups in total. The van der Waals surface area contributed by atoms with Gasteiger partial charge in [-0.25, -0.2) is 4.79 Å². The number of nitrogens with one attached hydrogen (secondary N) is 1. The molecule has 0 aromatic heterocycles. The molecule has 3 rings (SSSR count). The number of hydrogen-bond acceptors (Lipinski definition) is 5. The topological polar surface area (TPSA) is 61.9 Å². The maximum absolute atomic E-state index is 12.8. The molecule has 6 nitrogen and oxygen atoms in total.